The molecule has 2 aromatic rings. The van der Waals surface area contributed by atoms with Crippen molar-refractivity contribution in [2.24, 2.45) is 5.10 Å². The van der Waals surface area contributed by atoms with E-state index in [1.54, 1.807) is 30.5 Å². The molecule has 1 amide bonds. The molecule has 0 radical (unpaired) electrons. The number of nitrogens with one attached hydrogen (secondary N) is 1. The summed E-state index contributed by atoms with van der Waals surface area (Å²) in [6, 6.07) is 18.6. The van der Waals surface area contributed by atoms with Crippen LogP contribution >= 0.6 is 0 Å². The zero-order valence-corrected chi connectivity index (χ0v) is 13.3. The van der Waals surface area contributed by atoms with Crippen molar-refractivity contribution < 1.29 is 9.53 Å². The largest absolute Gasteiger partial charge is 0.482 e. The number of hydrogen-bond acceptors (Lipinski definition) is 4. The lowest BCUT2D eigenvalue weighted by molar-refractivity contribution is -0.123. The molecule has 24 heavy (non-hydrogen) atoms. The number of carbonyl (C=O) groups is 1. The third-order valence-electron chi connectivity index (χ3n) is 3.02. The normalized spacial score (nSPS) is 11.1. The highest BCUT2D eigenvalue weighted by Gasteiger charge is 2.05. The van der Waals surface area contributed by atoms with E-state index in [1.807, 2.05) is 49.4 Å². The Kier molecular flexibility index (Phi) is 6.30. The van der Waals surface area contributed by atoms with E-state index in [0.29, 0.717) is 11.3 Å². The third-order valence-corrected chi connectivity index (χ3v) is 3.02. The van der Waals surface area contributed by atoms with Crippen molar-refractivity contribution in [3.05, 3.63) is 71.3 Å². The summed E-state index contributed by atoms with van der Waals surface area (Å²) in [5.74, 6) is -0.0224. The number of para-hydroxylation sites is 1. The van der Waals surface area contributed by atoms with Crippen LogP contribution in [-0.4, -0.2) is 18.7 Å². The Morgan fingerprint density at radius 3 is 2.67 bits per heavy atom. The Morgan fingerprint density at radius 1 is 1.21 bits per heavy atom. The van der Waals surface area contributed by atoms with Crippen LogP contribution in [0.3, 0.4) is 0 Å². The van der Waals surface area contributed by atoms with Gasteiger partial charge < -0.3 is 4.74 Å². The predicted octanol–water partition coefficient (Wildman–Crippen LogP) is 3.14. The number of amides is 1. The lowest BCUT2D eigenvalue weighted by Crippen LogP contribution is -2.24. The van der Waals surface area contributed by atoms with E-state index < -0.39 is 5.91 Å². The highest BCUT2D eigenvalue weighted by molar-refractivity contribution is 5.86. The van der Waals surface area contributed by atoms with Crippen molar-refractivity contribution >= 4 is 18.2 Å². The number of hydrazone groups is 1. The first-order valence-electron chi connectivity index (χ1n) is 7.36. The van der Waals surface area contributed by atoms with Gasteiger partial charge in [0.1, 0.15) is 11.8 Å². The number of allylic oxidation sites excluding steroid dienone is 1. The summed E-state index contributed by atoms with van der Waals surface area (Å²) in [7, 11) is 0. The molecule has 0 saturated heterocycles. The molecule has 0 atom stereocenters. The van der Waals surface area contributed by atoms with Gasteiger partial charge >= 0.3 is 0 Å². The molecule has 0 fully saturated rings. The van der Waals surface area contributed by atoms with Crippen LogP contribution in [0.5, 0.6) is 5.75 Å². The molecule has 0 aliphatic rings. The van der Waals surface area contributed by atoms with Crippen LogP contribution in [0.15, 0.2) is 65.3 Å². The zero-order chi connectivity index (χ0) is 17.2. The minimum Gasteiger partial charge on any atom is -0.482 e. The predicted molar refractivity (Wildman–Crippen MR) is 93.4 cm³/mol. The first-order valence-corrected chi connectivity index (χ1v) is 7.36. The summed E-state index contributed by atoms with van der Waals surface area (Å²) in [6.45, 7) is 1.68. The van der Waals surface area contributed by atoms with Gasteiger partial charge in [-0.05, 0) is 30.2 Å². The van der Waals surface area contributed by atoms with E-state index in [0.717, 1.165) is 11.1 Å². The number of carbonyl (C=O) groups excluding carboxylic acids is 1. The average Bonchev–Trinajstić information content (AvgIpc) is 2.61. The number of nitriles is 1. The van der Waals surface area contributed by atoms with Crippen LogP contribution < -0.4 is 10.2 Å². The van der Waals surface area contributed by atoms with E-state index in [9.17, 15) is 4.79 Å². The first kappa shape index (κ1) is 17.0. The molecule has 2 rings (SSSR count). The van der Waals surface area contributed by atoms with Crippen molar-refractivity contribution in [2.75, 3.05) is 6.61 Å². The second-order valence-electron chi connectivity index (χ2n) is 4.99. The van der Waals surface area contributed by atoms with E-state index in [-0.39, 0.29) is 6.61 Å². The molecule has 0 bridgehead atoms. The van der Waals surface area contributed by atoms with Gasteiger partial charge in [0, 0.05) is 0 Å². The summed E-state index contributed by atoms with van der Waals surface area (Å²) >= 11 is 0. The Bertz CT molecular complexity index is 790. The minimum atomic E-state index is -0.397. The van der Waals surface area contributed by atoms with Gasteiger partial charge in [-0.3, -0.25) is 4.79 Å². The van der Waals surface area contributed by atoms with Crippen molar-refractivity contribution in [1.29, 1.82) is 5.26 Å². The molecule has 5 heteroatoms. The van der Waals surface area contributed by atoms with Crippen LogP contribution in [0, 0.1) is 11.3 Å². The van der Waals surface area contributed by atoms with Gasteiger partial charge in [-0.15, -0.1) is 0 Å². The standard InChI is InChI=1S/C19H17N3O2/c1-15(11-16-7-3-2-4-8-16)13-21-22-19(23)14-24-18-10-6-5-9-17(18)12-20/h2-11,13H,14H2,1H3,(H,22,23)/b15-11+,21-13-. The number of rotatable bonds is 6. The molecule has 0 unspecified atom stereocenters. The zero-order valence-electron chi connectivity index (χ0n) is 13.3. The lowest BCUT2D eigenvalue weighted by atomic mass is 10.1. The van der Waals surface area contributed by atoms with Gasteiger partial charge in [0.15, 0.2) is 6.61 Å². The number of ether oxygens (including phenoxy) is 1. The van der Waals surface area contributed by atoms with Crippen LogP contribution in [0.4, 0.5) is 0 Å². The van der Waals surface area contributed by atoms with Gasteiger partial charge in [-0.2, -0.15) is 10.4 Å². The van der Waals surface area contributed by atoms with Gasteiger partial charge in [0.2, 0.25) is 0 Å². The fraction of sp³-hybridized carbons (Fsp3) is 0.105. The van der Waals surface area contributed by atoms with Gasteiger partial charge in [-0.1, -0.05) is 48.5 Å². The Balaban J connectivity index is 1.83. The molecule has 0 aliphatic heterocycles. The fourth-order valence-corrected chi connectivity index (χ4v) is 1.92. The Hall–Kier alpha value is -3.39. The molecule has 0 saturated carbocycles. The summed E-state index contributed by atoms with van der Waals surface area (Å²) in [4.78, 5) is 11.7. The summed E-state index contributed by atoms with van der Waals surface area (Å²) in [5.41, 5.74) is 4.73. The van der Waals surface area contributed by atoms with Gasteiger partial charge in [0.05, 0.1) is 11.8 Å². The maximum atomic E-state index is 11.7. The van der Waals surface area contributed by atoms with Crippen molar-refractivity contribution in [2.45, 2.75) is 6.92 Å². The summed E-state index contributed by atoms with van der Waals surface area (Å²) in [6.07, 6.45) is 3.52. The second-order valence-corrected chi connectivity index (χ2v) is 4.99. The molecule has 0 heterocycles. The highest BCUT2D eigenvalue weighted by Crippen LogP contribution is 2.16. The van der Waals surface area contributed by atoms with E-state index >= 15 is 0 Å². The molecule has 0 aromatic heterocycles. The number of nitrogens with zero attached hydrogens (tertiary/aromatic N) is 2. The van der Waals surface area contributed by atoms with Crippen LogP contribution in [0.25, 0.3) is 6.08 Å². The Morgan fingerprint density at radius 2 is 1.92 bits per heavy atom. The third kappa shape index (κ3) is 5.43. The van der Waals surface area contributed by atoms with E-state index in [4.69, 9.17) is 10.00 Å². The molecular formula is C19H17N3O2. The quantitative estimate of drug-likeness (QED) is 0.656. The monoisotopic (exact) mass is 319 g/mol. The molecule has 0 aliphatic carbocycles. The first-order chi connectivity index (χ1) is 11.7. The lowest BCUT2D eigenvalue weighted by Gasteiger charge is -2.06. The number of benzene rings is 2. The fourth-order valence-electron chi connectivity index (χ4n) is 1.92. The molecule has 120 valence electrons. The second kappa shape index (κ2) is 8.91. The molecular weight excluding hydrogens is 302 g/mol. The van der Waals surface area contributed by atoms with E-state index in [1.165, 1.54) is 0 Å². The number of hydrogen-bond donors (Lipinski definition) is 1. The van der Waals surface area contributed by atoms with Crippen LogP contribution in [-0.2, 0) is 4.79 Å². The van der Waals surface area contributed by atoms with Gasteiger partial charge in [-0.25, -0.2) is 5.43 Å². The molecule has 1 N–H and O–H groups in total. The van der Waals surface area contributed by atoms with Crippen LogP contribution in [0.2, 0.25) is 0 Å². The van der Waals surface area contributed by atoms with Crippen molar-refractivity contribution in [1.82, 2.24) is 5.43 Å². The molecule has 2 aromatic carbocycles. The summed E-state index contributed by atoms with van der Waals surface area (Å²) < 4.78 is 5.32. The SMILES string of the molecule is CC(/C=N\NC(=O)COc1ccccc1C#N)=C\c1ccccc1. The summed E-state index contributed by atoms with van der Waals surface area (Å²) in [5, 5.41) is 12.8. The van der Waals surface area contributed by atoms with Gasteiger partial charge in [0.25, 0.3) is 5.91 Å². The van der Waals surface area contributed by atoms with Crippen molar-refractivity contribution in [3.63, 3.8) is 0 Å². The highest BCUT2D eigenvalue weighted by atomic mass is 16.5. The minimum absolute atomic E-state index is 0.211. The van der Waals surface area contributed by atoms with E-state index in [2.05, 4.69) is 10.5 Å². The maximum absolute atomic E-state index is 11.7. The van der Waals surface area contributed by atoms with Crippen LogP contribution in [0.1, 0.15) is 18.1 Å². The maximum Gasteiger partial charge on any atom is 0.277 e. The average molecular weight is 319 g/mol. The Labute approximate surface area is 140 Å². The molecule has 0 spiro atoms. The van der Waals surface area contributed by atoms with Crippen molar-refractivity contribution in [3.8, 4) is 11.8 Å². The smallest absolute Gasteiger partial charge is 0.277 e. The topological polar surface area (TPSA) is 74.5 Å². The molecule has 5 nitrogen and oxygen atoms in total.